The molecule has 1 heterocycles. The summed E-state index contributed by atoms with van der Waals surface area (Å²) in [5.74, 6) is -0.323. The van der Waals surface area contributed by atoms with Gasteiger partial charge in [0.25, 0.3) is 0 Å². The predicted molar refractivity (Wildman–Crippen MR) is 175 cm³/mol. The maximum Gasteiger partial charge on any atom is 0.407 e. The van der Waals surface area contributed by atoms with Gasteiger partial charge in [-0.25, -0.2) is 4.79 Å². The lowest BCUT2D eigenvalue weighted by Crippen LogP contribution is -2.49. The average molecular weight is 626 g/mol. The molecule has 46 heavy (non-hydrogen) atoms. The molecule has 10 nitrogen and oxygen atoms in total. The standard InChI is InChI=1S/C36H43N5O5/c1-25-39-31(46-40-25)22-21-26-17-19-27(20-18-26)24-41(30(33(37)42)16-11-23-38-35(44)45-36(2,3)4)34(43)32(28-12-7-5-8-13-28)29-14-9-6-10-15-29/h5-10,12-15,17-20,30,32H,11,16,21-24H2,1-4H3,(H2,37,42)(H,38,44)/t30-/m1/s1. The summed E-state index contributed by atoms with van der Waals surface area (Å²) in [6.45, 7) is 7.58. The lowest BCUT2D eigenvalue weighted by Gasteiger charge is -2.33. The first-order chi connectivity index (χ1) is 22.0. The van der Waals surface area contributed by atoms with Gasteiger partial charge in [-0.15, -0.1) is 0 Å². The third-order valence-electron chi connectivity index (χ3n) is 7.40. The van der Waals surface area contributed by atoms with Crippen LogP contribution in [0.4, 0.5) is 4.79 Å². The van der Waals surface area contributed by atoms with Gasteiger partial charge in [0, 0.05) is 19.5 Å². The lowest BCUT2D eigenvalue weighted by molar-refractivity contribution is -0.141. The minimum atomic E-state index is -0.914. The fourth-order valence-electron chi connectivity index (χ4n) is 5.23. The molecule has 3 N–H and O–H groups in total. The number of rotatable bonds is 14. The number of nitrogens with zero attached hydrogens (tertiary/aromatic N) is 3. The largest absolute Gasteiger partial charge is 0.444 e. The van der Waals surface area contributed by atoms with Gasteiger partial charge in [0.05, 0.1) is 5.92 Å². The summed E-state index contributed by atoms with van der Waals surface area (Å²) in [6.07, 6.45) is 1.45. The smallest absolute Gasteiger partial charge is 0.407 e. The first-order valence-corrected chi connectivity index (χ1v) is 15.5. The molecule has 4 rings (SSSR count). The van der Waals surface area contributed by atoms with E-state index < -0.39 is 29.6 Å². The minimum Gasteiger partial charge on any atom is -0.444 e. The number of aromatic nitrogens is 2. The average Bonchev–Trinajstić information content (AvgIpc) is 3.44. The monoisotopic (exact) mass is 625 g/mol. The van der Waals surface area contributed by atoms with Crippen molar-refractivity contribution in [3.63, 3.8) is 0 Å². The summed E-state index contributed by atoms with van der Waals surface area (Å²) < 4.78 is 10.5. The number of carbonyl (C=O) groups excluding carboxylic acids is 3. The zero-order valence-corrected chi connectivity index (χ0v) is 26.9. The van der Waals surface area contributed by atoms with E-state index in [1.165, 1.54) is 0 Å². The Balaban J connectivity index is 1.58. The first kappa shape index (κ1) is 33.9. The second kappa shape index (κ2) is 15.8. The lowest BCUT2D eigenvalue weighted by atomic mass is 9.89. The van der Waals surface area contributed by atoms with Crippen LogP contribution in [0, 0.1) is 6.92 Å². The molecule has 0 bridgehead atoms. The highest BCUT2D eigenvalue weighted by Crippen LogP contribution is 2.29. The molecule has 1 atom stereocenters. The normalized spacial score (nSPS) is 12.0. The number of primary amides is 1. The van der Waals surface area contributed by atoms with Gasteiger partial charge in [0.15, 0.2) is 5.82 Å². The Morgan fingerprint density at radius 1 is 0.891 bits per heavy atom. The number of nitrogens with two attached hydrogens (primary N) is 1. The highest BCUT2D eigenvalue weighted by atomic mass is 16.6. The molecule has 0 aliphatic carbocycles. The SMILES string of the molecule is Cc1noc(CCc2ccc(CN(C(=O)C(c3ccccc3)c3ccccc3)[C@H](CCCNC(=O)OC(C)(C)C)C(N)=O)cc2)n1. The van der Waals surface area contributed by atoms with Crippen LogP contribution in [0.5, 0.6) is 0 Å². The molecule has 4 aromatic rings. The van der Waals surface area contributed by atoms with Crippen molar-refractivity contribution in [2.24, 2.45) is 5.73 Å². The molecule has 0 aliphatic heterocycles. The van der Waals surface area contributed by atoms with Gasteiger partial charge in [0.1, 0.15) is 11.6 Å². The quantitative estimate of drug-likeness (QED) is 0.177. The van der Waals surface area contributed by atoms with Crippen LogP contribution >= 0.6 is 0 Å². The number of carbonyl (C=O) groups is 3. The van der Waals surface area contributed by atoms with Crippen molar-refractivity contribution in [2.75, 3.05) is 6.54 Å². The number of ether oxygens (including phenoxy) is 1. The Hall–Kier alpha value is -4.99. The molecule has 3 amide bonds. The van der Waals surface area contributed by atoms with Crippen molar-refractivity contribution in [3.8, 4) is 0 Å². The summed E-state index contributed by atoms with van der Waals surface area (Å²) in [5.41, 5.74) is 8.90. The summed E-state index contributed by atoms with van der Waals surface area (Å²) in [7, 11) is 0. The van der Waals surface area contributed by atoms with E-state index in [9.17, 15) is 14.4 Å². The van der Waals surface area contributed by atoms with Crippen molar-refractivity contribution in [3.05, 3.63) is 119 Å². The Morgan fingerprint density at radius 2 is 1.48 bits per heavy atom. The molecule has 0 radical (unpaired) electrons. The van der Waals surface area contributed by atoms with E-state index >= 15 is 0 Å². The van der Waals surface area contributed by atoms with Gasteiger partial charge in [-0.1, -0.05) is 90.1 Å². The number of nitrogens with one attached hydrogen (secondary N) is 1. The molecule has 10 heteroatoms. The van der Waals surface area contributed by atoms with E-state index in [1.807, 2.05) is 84.9 Å². The second-order valence-corrected chi connectivity index (χ2v) is 12.3. The van der Waals surface area contributed by atoms with E-state index in [0.717, 1.165) is 22.3 Å². The van der Waals surface area contributed by atoms with Crippen LogP contribution in [0.1, 0.15) is 73.5 Å². The number of hydrogen-bond acceptors (Lipinski definition) is 7. The van der Waals surface area contributed by atoms with Gasteiger partial charge in [-0.05, 0) is 69.2 Å². The zero-order chi connectivity index (χ0) is 33.1. The van der Waals surface area contributed by atoms with E-state index in [-0.39, 0.29) is 25.4 Å². The molecule has 242 valence electrons. The fraction of sp³-hybridized carbons (Fsp3) is 0.361. The van der Waals surface area contributed by atoms with E-state index in [2.05, 4.69) is 15.5 Å². The maximum absolute atomic E-state index is 14.6. The van der Waals surface area contributed by atoms with Crippen LogP contribution in [0.25, 0.3) is 0 Å². The Labute approximate surface area is 270 Å². The molecule has 0 saturated heterocycles. The number of amides is 3. The van der Waals surface area contributed by atoms with E-state index in [4.69, 9.17) is 15.0 Å². The van der Waals surface area contributed by atoms with Crippen molar-refractivity contribution >= 4 is 17.9 Å². The van der Waals surface area contributed by atoms with Gasteiger partial charge < -0.3 is 25.2 Å². The second-order valence-electron chi connectivity index (χ2n) is 12.3. The summed E-state index contributed by atoms with van der Waals surface area (Å²) in [4.78, 5) is 45.7. The van der Waals surface area contributed by atoms with Crippen molar-refractivity contribution in [1.29, 1.82) is 0 Å². The predicted octanol–water partition coefficient (Wildman–Crippen LogP) is 5.48. The van der Waals surface area contributed by atoms with E-state index in [0.29, 0.717) is 31.0 Å². The topological polar surface area (TPSA) is 141 Å². The number of aryl methyl sites for hydroxylation is 3. The van der Waals surface area contributed by atoms with Gasteiger partial charge in [-0.2, -0.15) is 4.98 Å². The minimum absolute atomic E-state index is 0.172. The Kier molecular flexibility index (Phi) is 11.7. The van der Waals surface area contributed by atoms with E-state index in [1.54, 1.807) is 32.6 Å². The Morgan fingerprint density at radius 3 is 2.00 bits per heavy atom. The summed E-state index contributed by atoms with van der Waals surface area (Å²) in [6, 6.07) is 26.0. The van der Waals surface area contributed by atoms with Crippen LogP contribution in [-0.2, 0) is 33.7 Å². The molecular formula is C36H43N5O5. The number of hydrogen-bond donors (Lipinski definition) is 2. The van der Waals surface area contributed by atoms with Crippen molar-refractivity contribution in [1.82, 2.24) is 20.4 Å². The van der Waals surface area contributed by atoms with Gasteiger partial charge in [0.2, 0.25) is 17.7 Å². The van der Waals surface area contributed by atoms with Crippen molar-refractivity contribution in [2.45, 2.75) is 77.5 Å². The van der Waals surface area contributed by atoms with Crippen LogP contribution in [-0.4, -0.2) is 51.1 Å². The third kappa shape index (κ3) is 10.0. The number of benzene rings is 3. The fourth-order valence-corrected chi connectivity index (χ4v) is 5.23. The van der Waals surface area contributed by atoms with Crippen LogP contribution in [0.15, 0.2) is 89.5 Å². The molecule has 0 saturated carbocycles. The number of alkyl carbamates (subject to hydrolysis) is 1. The van der Waals surface area contributed by atoms with Crippen LogP contribution in [0.2, 0.25) is 0 Å². The molecule has 0 spiro atoms. The molecule has 1 aromatic heterocycles. The molecule has 0 unspecified atom stereocenters. The highest BCUT2D eigenvalue weighted by Gasteiger charge is 2.34. The molecule has 0 fully saturated rings. The third-order valence-corrected chi connectivity index (χ3v) is 7.40. The first-order valence-electron chi connectivity index (χ1n) is 15.5. The summed E-state index contributed by atoms with van der Waals surface area (Å²) in [5, 5.41) is 6.57. The highest BCUT2D eigenvalue weighted by molar-refractivity contribution is 5.92. The van der Waals surface area contributed by atoms with Crippen molar-refractivity contribution < 1.29 is 23.6 Å². The van der Waals surface area contributed by atoms with Gasteiger partial charge >= 0.3 is 6.09 Å². The molecule has 3 aromatic carbocycles. The zero-order valence-electron chi connectivity index (χ0n) is 26.9. The van der Waals surface area contributed by atoms with Gasteiger partial charge in [-0.3, -0.25) is 9.59 Å². The maximum atomic E-state index is 14.6. The molecule has 0 aliphatic rings. The summed E-state index contributed by atoms with van der Waals surface area (Å²) >= 11 is 0. The van der Waals surface area contributed by atoms with Crippen LogP contribution < -0.4 is 11.1 Å². The Bertz CT molecular complexity index is 1530. The molecular weight excluding hydrogens is 582 g/mol. The van der Waals surface area contributed by atoms with Crippen LogP contribution in [0.3, 0.4) is 0 Å².